The fourth-order valence-electron chi connectivity index (χ4n) is 2.27. The van der Waals surface area contributed by atoms with Gasteiger partial charge in [0, 0.05) is 9.58 Å². The van der Waals surface area contributed by atoms with Gasteiger partial charge < -0.3 is 5.11 Å². The summed E-state index contributed by atoms with van der Waals surface area (Å²) in [6.45, 7) is 4.16. The number of aliphatic hydroxyl groups is 1. The molecule has 1 aromatic heterocycles. The molecule has 2 aromatic rings. The standard InChI is InChI=1S/C16H22OS/c1-3-4-5-8-11-16(2,17)15-12-13-9-6-7-10-14(13)18-15/h6-7,9-10,12,17H,3-5,8,11H2,1-2H3. The Morgan fingerprint density at radius 1 is 1.17 bits per heavy atom. The number of rotatable bonds is 6. The first-order valence-electron chi connectivity index (χ1n) is 6.85. The van der Waals surface area contributed by atoms with Gasteiger partial charge in [-0.2, -0.15) is 0 Å². The summed E-state index contributed by atoms with van der Waals surface area (Å²) in [7, 11) is 0. The molecule has 18 heavy (non-hydrogen) atoms. The molecule has 1 atom stereocenters. The molecule has 0 spiro atoms. The molecule has 0 aliphatic carbocycles. The topological polar surface area (TPSA) is 20.2 Å². The fraction of sp³-hybridized carbons (Fsp3) is 0.500. The van der Waals surface area contributed by atoms with Crippen LogP contribution in [0.25, 0.3) is 10.1 Å². The van der Waals surface area contributed by atoms with Gasteiger partial charge in [0.2, 0.25) is 0 Å². The van der Waals surface area contributed by atoms with Crippen LogP contribution in [0.15, 0.2) is 30.3 Å². The van der Waals surface area contributed by atoms with Crippen molar-refractivity contribution >= 4 is 21.4 Å². The highest BCUT2D eigenvalue weighted by Gasteiger charge is 2.24. The highest BCUT2D eigenvalue weighted by atomic mass is 32.1. The predicted molar refractivity (Wildman–Crippen MR) is 80.2 cm³/mol. The van der Waals surface area contributed by atoms with Crippen molar-refractivity contribution in [3.05, 3.63) is 35.2 Å². The number of hydrogen-bond donors (Lipinski definition) is 1. The maximum atomic E-state index is 10.6. The van der Waals surface area contributed by atoms with E-state index in [2.05, 4.69) is 37.3 Å². The Bertz CT molecular complexity index is 466. The zero-order chi connectivity index (χ0) is 13.0. The second-order valence-electron chi connectivity index (χ2n) is 5.23. The van der Waals surface area contributed by atoms with Gasteiger partial charge in [-0.05, 0) is 30.9 Å². The lowest BCUT2D eigenvalue weighted by Gasteiger charge is -2.21. The average Bonchev–Trinajstić information content (AvgIpc) is 2.79. The number of benzene rings is 1. The van der Waals surface area contributed by atoms with E-state index >= 15 is 0 Å². The van der Waals surface area contributed by atoms with E-state index in [9.17, 15) is 5.11 Å². The van der Waals surface area contributed by atoms with Gasteiger partial charge in [0.25, 0.3) is 0 Å². The number of thiophene rings is 1. The molecular formula is C16H22OS. The van der Waals surface area contributed by atoms with E-state index in [-0.39, 0.29) is 0 Å². The Hall–Kier alpha value is -0.860. The SMILES string of the molecule is CCCCCCC(C)(O)c1cc2ccccc2s1. The van der Waals surface area contributed by atoms with E-state index in [0.29, 0.717) is 0 Å². The summed E-state index contributed by atoms with van der Waals surface area (Å²) >= 11 is 1.72. The molecule has 1 unspecified atom stereocenters. The van der Waals surface area contributed by atoms with Crippen LogP contribution >= 0.6 is 11.3 Å². The molecule has 0 aliphatic rings. The summed E-state index contributed by atoms with van der Waals surface area (Å²) in [5.41, 5.74) is -0.669. The van der Waals surface area contributed by atoms with Gasteiger partial charge in [-0.15, -0.1) is 11.3 Å². The van der Waals surface area contributed by atoms with Crippen LogP contribution in [0.1, 0.15) is 50.8 Å². The minimum absolute atomic E-state index is 0.669. The summed E-state index contributed by atoms with van der Waals surface area (Å²) in [5.74, 6) is 0. The van der Waals surface area contributed by atoms with Gasteiger partial charge >= 0.3 is 0 Å². The van der Waals surface area contributed by atoms with Crippen molar-refractivity contribution in [3.8, 4) is 0 Å². The largest absolute Gasteiger partial charge is 0.385 e. The first-order chi connectivity index (χ1) is 8.63. The predicted octanol–water partition coefficient (Wildman–Crippen LogP) is 5.08. The van der Waals surface area contributed by atoms with Crippen LogP contribution in [-0.2, 0) is 5.60 Å². The van der Waals surface area contributed by atoms with Crippen LogP contribution in [-0.4, -0.2) is 5.11 Å². The molecule has 0 saturated carbocycles. The lowest BCUT2D eigenvalue weighted by molar-refractivity contribution is 0.0487. The molecule has 0 bridgehead atoms. The van der Waals surface area contributed by atoms with Crippen molar-refractivity contribution in [1.29, 1.82) is 0 Å². The number of fused-ring (bicyclic) bond motifs is 1. The summed E-state index contributed by atoms with van der Waals surface area (Å²) < 4.78 is 1.27. The lowest BCUT2D eigenvalue weighted by atomic mass is 9.96. The van der Waals surface area contributed by atoms with Gasteiger partial charge in [0.1, 0.15) is 0 Å². The van der Waals surface area contributed by atoms with Gasteiger partial charge in [-0.1, -0.05) is 50.8 Å². The molecule has 0 radical (unpaired) electrons. The Balaban J connectivity index is 2.08. The molecule has 98 valence electrons. The molecule has 0 aliphatic heterocycles. The Labute approximate surface area is 113 Å². The van der Waals surface area contributed by atoms with Gasteiger partial charge in [-0.3, -0.25) is 0 Å². The van der Waals surface area contributed by atoms with E-state index < -0.39 is 5.60 Å². The molecule has 1 N–H and O–H groups in total. The first kappa shape index (κ1) is 13.6. The molecule has 1 aromatic carbocycles. The van der Waals surface area contributed by atoms with E-state index in [0.717, 1.165) is 17.7 Å². The monoisotopic (exact) mass is 262 g/mol. The summed E-state index contributed by atoms with van der Waals surface area (Å²) in [6, 6.07) is 10.5. The van der Waals surface area contributed by atoms with Crippen LogP contribution in [0.2, 0.25) is 0 Å². The molecule has 0 fully saturated rings. The Kier molecular flexibility index (Phi) is 4.41. The van der Waals surface area contributed by atoms with Crippen molar-refractivity contribution in [1.82, 2.24) is 0 Å². The van der Waals surface area contributed by atoms with Crippen LogP contribution < -0.4 is 0 Å². The molecular weight excluding hydrogens is 240 g/mol. The van der Waals surface area contributed by atoms with E-state index in [1.807, 2.05) is 6.92 Å². The summed E-state index contributed by atoms with van der Waals surface area (Å²) in [6.07, 6.45) is 5.69. The molecule has 1 nitrogen and oxygen atoms in total. The third-order valence-electron chi connectivity index (χ3n) is 3.47. The Morgan fingerprint density at radius 2 is 1.94 bits per heavy atom. The minimum Gasteiger partial charge on any atom is -0.385 e. The van der Waals surface area contributed by atoms with Gasteiger partial charge in [0.05, 0.1) is 5.60 Å². The van der Waals surface area contributed by atoms with Crippen LogP contribution in [0, 0.1) is 0 Å². The smallest absolute Gasteiger partial charge is 0.0960 e. The first-order valence-corrected chi connectivity index (χ1v) is 7.66. The maximum absolute atomic E-state index is 10.6. The summed E-state index contributed by atoms with van der Waals surface area (Å²) in [5, 5.41) is 11.8. The molecule has 2 rings (SSSR count). The quantitative estimate of drug-likeness (QED) is 0.720. The lowest BCUT2D eigenvalue weighted by Crippen LogP contribution is -2.19. The van der Waals surface area contributed by atoms with Crippen molar-refractivity contribution < 1.29 is 5.11 Å². The molecule has 1 heterocycles. The van der Waals surface area contributed by atoms with Crippen molar-refractivity contribution in [2.75, 3.05) is 0 Å². The van der Waals surface area contributed by atoms with Crippen LogP contribution in [0.3, 0.4) is 0 Å². The number of unbranched alkanes of at least 4 members (excludes halogenated alkanes) is 3. The number of hydrogen-bond acceptors (Lipinski definition) is 2. The highest BCUT2D eigenvalue weighted by molar-refractivity contribution is 7.19. The zero-order valence-electron chi connectivity index (χ0n) is 11.3. The van der Waals surface area contributed by atoms with Crippen LogP contribution in [0.5, 0.6) is 0 Å². The maximum Gasteiger partial charge on any atom is 0.0960 e. The normalized spacial score (nSPS) is 14.8. The molecule has 0 amide bonds. The summed E-state index contributed by atoms with van der Waals surface area (Å²) in [4.78, 5) is 1.10. The third kappa shape index (κ3) is 3.12. The van der Waals surface area contributed by atoms with Crippen molar-refractivity contribution in [3.63, 3.8) is 0 Å². The fourth-order valence-corrected chi connectivity index (χ4v) is 3.40. The van der Waals surface area contributed by atoms with Gasteiger partial charge in [0.15, 0.2) is 0 Å². The third-order valence-corrected chi connectivity index (χ3v) is 4.84. The van der Waals surface area contributed by atoms with E-state index in [1.54, 1.807) is 11.3 Å². The zero-order valence-corrected chi connectivity index (χ0v) is 12.1. The van der Waals surface area contributed by atoms with Crippen molar-refractivity contribution in [2.24, 2.45) is 0 Å². The molecule has 0 saturated heterocycles. The minimum atomic E-state index is -0.669. The molecule has 2 heteroatoms. The van der Waals surface area contributed by atoms with Crippen LogP contribution in [0.4, 0.5) is 0 Å². The van der Waals surface area contributed by atoms with Gasteiger partial charge in [-0.25, -0.2) is 0 Å². The second kappa shape index (κ2) is 5.85. The highest BCUT2D eigenvalue weighted by Crippen LogP contribution is 2.36. The van der Waals surface area contributed by atoms with Crippen molar-refractivity contribution in [2.45, 2.75) is 51.6 Å². The van der Waals surface area contributed by atoms with E-state index in [1.165, 1.54) is 29.3 Å². The average molecular weight is 262 g/mol. The Morgan fingerprint density at radius 3 is 2.67 bits per heavy atom. The second-order valence-corrected chi connectivity index (χ2v) is 6.32. The van der Waals surface area contributed by atoms with E-state index in [4.69, 9.17) is 0 Å².